The number of oxazole rings is 1. The molecule has 1 atom stereocenters. The highest BCUT2D eigenvalue weighted by atomic mass is 16.3. The van der Waals surface area contributed by atoms with Gasteiger partial charge in [0.05, 0.1) is 12.7 Å². The maximum absolute atomic E-state index is 5.22. The summed E-state index contributed by atoms with van der Waals surface area (Å²) in [6.07, 6.45) is 5.99. The molecule has 3 aliphatic heterocycles. The lowest BCUT2D eigenvalue weighted by atomic mass is 9.84. The Morgan fingerprint density at radius 2 is 2.33 bits per heavy atom. The molecule has 1 aromatic rings. The normalized spacial score (nSPS) is 34.5. The molecule has 0 aliphatic carbocycles. The van der Waals surface area contributed by atoms with Crippen LogP contribution in [0.25, 0.3) is 0 Å². The van der Waals surface area contributed by atoms with Crippen molar-refractivity contribution in [2.75, 3.05) is 19.6 Å². The first-order chi connectivity index (χ1) is 7.42. The van der Waals surface area contributed by atoms with Crippen LogP contribution in [-0.4, -0.2) is 35.6 Å². The van der Waals surface area contributed by atoms with E-state index in [9.17, 15) is 0 Å². The topological polar surface area (TPSA) is 41.3 Å². The summed E-state index contributed by atoms with van der Waals surface area (Å²) in [5.74, 6) is 1.81. The van der Waals surface area contributed by atoms with E-state index in [1.807, 2.05) is 0 Å². The van der Waals surface area contributed by atoms with Crippen molar-refractivity contribution in [2.45, 2.75) is 25.4 Å². The zero-order valence-corrected chi connectivity index (χ0v) is 8.85. The van der Waals surface area contributed by atoms with E-state index < -0.39 is 0 Å². The van der Waals surface area contributed by atoms with Crippen LogP contribution in [-0.2, 0) is 6.54 Å². The standard InChI is InChI=1S/C11H17N3O/c1-3-14-4-2-9(1)11(7-14)13-6-10-5-12-8-15-10/h5,8-9,11,13H,1-4,6-7H2. The second kappa shape index (κ2) is 3.94. The quantitative estimate of drug-likeness (QED) is 0.798. The van der Waals surface area contributed by atoms with Crippen molar-refractivity contribution < 1.29 is 4.42 Å². The number of nitrogens with zero attached hydrogens (tertiary/aromatic N) is 2. The second-order valence-electron chi connectivity index (χ2n) is 4.59. The Balaban J connectivity index is 1.55. The van der Waals surface area contributed by atoms with E-state index in [0.717, 1.165) is 18.2 Å². The summed E-state index contributed by atoms with van der Waals surface area (Å²) in [7, 11) is 0. The SMILES string of the molecule is c1ncc(CNC2CN3CCC2CC3)o1. The molecule has 3 fully saturated rings. The first-order valence-corrected chi connectivity index (χ1v) is 5.75. The average molecular weight is 207 g/mol. The van der Waals surface area contributed by atoms with Gasteiger partial charge in [0, 0.05) is 12.6 Å². The summed E-state index contributed by atoms with van der Waals surface area (Å²) < 4.78 is 5.22. The fourth-order valence-corrected chi connectivity index (χ4v) is 2.76. The van der Waals surface area contributed by atoms with Crippen LogP contribution >= 0.6 is 0 Å². The van der Waals surface area contributed by atoms with E-state index in [0.29, 0.717) is 6.04 Å². The fourth-order valence-electron chi connectivity index (χ4n) is 2.76. The average Bonchev–Trinajstić information content (AvgIpc) is 2.81. The molecule has 4 heterocycles. The molecular weight excluding hydrogens is 190 g/mol. The molecule has 1 N–H and O–H groups in total. The molecular formula is C11H17N3O. The van der Waals surface area contributed by atoms with Gasteiger partial charge in [-0.3, -0.25) is 0 Å². The first kappa shape index (κ1) is 9.36. The summed E-state index contributed by atoms with van der Waals surface area (Å²) >= 11 is 0. The van der Waals surface area contributed by atoms with E-state index in [4.69, 9.17) is 4.42 Å². The minimum atomic E-state index is 0.651. The molecule has 0 spiro atoms. The van der Waals surface area contributed by atoms with Gasteiger partial charge < -0.3 is 14.6 Å². The number of piperidine rings is 3. The van der Waals surface area contributed by atoms with Crippen molar-refractivity contribution in [3.05, 3.63) is 18.4 Å². The molecule has 15 heavy (non-hydrogen) atoms. The van der Waals surface area contributed by atoms with Crippen LogP contribution in [0.5, 0.6) is 0 Å². The smallest absolute Gasteiger partial charge is 0.180 e. The Bertz CT molecular complexity index is 304. The number of fused-ring (bicyclic) bond motifs is 3. The number of hydrogen-bond donors (Lipinski definition) is 1. The summed E-state index contributed by atoms with van der Waals surface area (Å²) in [5.41, 5.74) is 0. The molecule has 2 bridgehead atoms. The Kier molecular flexibility index (Phi) is 2.46. The van der Waals surface area contributed by atoms with E-state index in [1.165, 1.54) is 38.9 Å². The molecule has 4 heteroatoms. The van der Waals surface area contributed by atoms with Crippen LogP contribution in [0.1, 0.15) is 18.6 Å². The van der Waals surface area contributed by atoms with Gasteiger partial charge >= 0.3 is 0 Å². The lowest BCUT2D eigenvalue weighted by Gasteiger charge is -2.45. The Morgan fingerprint density at radius 3 is 2.93 bits per heavy atom. The molecule has 0 amide bonds. The maximum atomic E-state index is 5.22. The van der Waals surface area contributed by atoms with Crippen molar-refractivity contribution in [3.63, 3.8) is 0 Å². The Morgan fingerprint density at radius 1 is 1.47 bits per heavy atom. The zero-order valence-electron chi connectivity index (χ0n) is 8.85. The summed E-state index contributed by atoms with van der Waals surface area (Å²) in [6, 6.07) is 0.651. The van der Waals surface area contributed by atoms with Crippen LogP contribution < -0.4 is 5.32 Å². The van der Waals surface area contributed by atoms with Crippen molar-refractivity contribution in [1.82, 2.24) is 15.2 Å². The monoisotopic (exact) mass is 207 g/mol. The molecule has 4 nitrogen and oxygen atoms in total. The van der Waals surface area contributed by atoms with Gasteiger partial charge in [0.25, 0.3) is 0 Å². The molecule has 3 saturated heterocycles. The van der Waals surface area contributed by atoms with Crippen LogP contribution in [0.15, 0.2) is 17.0 Å². The lowest BCUT2D eigenvalue weighted by Crippen LogP contribution is -2.55. The predicted octanol–water partition coefficient (Wildman–Crippen LogP) is 0.858. The zero-order chi connectivity index (χ0) is 10.1. The Hall–Kier alpha value is -0.870. The van der Waals surface area contributed by atoms with Crippen LogP contribution in [0.2, 0.25) is 0 Å². The van der Waals surface area contributed by atoms with Gasteiger partial charge in [-0.2, -0.15) is 0 Å². The van der Waals surface area contributed by atoms with Gasteiger partial charge in [-0.1, -0.05) is 0 Å². The third kappa shape index (κ3) is 1.92. The fraction of sp³-hybridized carbons (Fsp3) is 0.727. The third-order valence-electron chi connectivity index (χ3n) is 3.68. The van der Waals surface area contributed by atoms with Gasteiger partial charge in [0.2, 0.25) is 0 Å². The van der Waals surface area contributed by atoms with Gasteiger partial charge in [-0.05, 0) is 31.8 Å². The molecule has 1 unspecified atom stereocenters. The molecule has 0 radical (unpaired) electrons. The molecule has 0 saturated carbocycles. The van der Waals surface area contributed by atoms with Gasteiger partial charge in [-0.15, -0.1) is 0 Å². The number of aromatic nitrogens is 1. The molecule has 4 rings (SSSR count). The minimum Gasteiger partial charge on any atom is -0.447 e. The van der Waals surface area contributed by atoms with E-state index in [2.05, 4.69) is 15.2 Å². The van der Waals surface area contributed by atoms with Crippen LogP contribution in [0, 0.1) is 5.92 Å². The highest BCUT2D eigenvalue weighted by Gasteiger charge is 2.33. The summed E-state index contributed by atoms with van der Waals surface area (Å²) in [4.78, 5) is 6.47. The maximum Gasteiger partial charge on any atom is 0.180 e. The van der Waals surface area contributed by atoms with E-state index in [-0.39, 0.29) is 0 Å². The second-order valence-corrected chi connectivity index (χ2v) is 4.59. The highest BCUT2D eigenvalue weighted by molar-refractivity contribution is 4.94. The largest absolute Gasteiger partial charge is 0.447 e. The summed E-state index contributed by atoms with van der Waals surface area (Å²) in [5, 5.41) is 3.58. The van der Waals surface area contributed by atoms with Crippen LogP contribution in [0.4, 0.5) is 0 Å². The predicted molar refractivity (Wildman–Crippen MR) is 56.3 cm³/mol. The minimum absolute atomic E-state index is 0.651. The molecule has 0 aromatic carbocycles. The first-order valence-electron chi connectivity index (χ1n) is 5.75. The van der Waals surface area contributed by atoms with E-state index >= 15 is 0 Å². The molecule has 3 aliphatic rings. The molecule has 82 valence electrons. The van der Waals surface area contributed by atoms with Gasteiger partial charge in [-0.25, -0.2) is 4.98 Å². The number of nitrogens with one attached hydrogen (secondary N) is 1. The lowest BCUT2D eigenvalue weighted by molar-refractivity contribution is 0.0711. The van der Waals surface area contributed by atoms with Crippen molar-refractivity contribution in [3.8, 4) is 0 Å². The van der Waals surface area contributed by atoms with E-state index in [1.54, 1.807) is 6.20 Å². The number of rotatable bonds is 3. The highest BCUT2D eigenvalue weighted by Crippen LogP contribution is 2.27. The third-order valence-corrected chi connectivity index (χ3v) is 3.68. The van der Waals surface area contributed by atoms with Crippen molar-refractivity contribution >= 4 is 0 Å². The van der Waals surface area contributed by atoms with Gasteiger partial charge in [0.1, 0.15) is 5.76 Å². The Labute approximate surface area is 89.7 Å². The molecule has 1 aromatic heterocycles. The number of hydrogen-bond acceptors (Lipinski definition) is 4. The van der Waals surface area contributed by atoms with Crippen molar-refractivity contribution in [2.24, 2.45) is 5.92 Å². The van der Waals surface area contributed by atoms with Crippen molar-refractivity contribution in [1.29, 1.82) is 0 Å². The summed E-state index contributed by atoms with van der Waals surface area (Å²) in [6.45, 7) is 4.62. The van der Waals surface area contributed by atoms with Gasteiger partial charge in [0.15, 0.2) is 6.39 Å². The van der Waals surface area contributed by atoms with Crippen LogP contribution in [0.3, 0.4) is 0 Å².